The third kappa shape index (κ3) is 3.08. The number of anilines is 1. The van der Waals surface area contributed by atoms with E-state index in [1.54, 1.807) is 24.3 Å². The normalized spacial score (nSPS) is 12.8. The molecule has 1 heterocycles. The molecule has 0 aromatic heterocycles. The van der Waals surface area contributed by atoms with Crippen LogP contribution in [0.3, 0.4) is 0 Å². The summed E-state index contributed by atoms with van der Waals surface area (Å²) < 4.78 is 5.70. The minimum atomic E-state index is -0.514. The summed E-state index contributed by atoms with van der Waals surface area (Å²) >= 11 is 0. The van der Waals surface area contributed by atoms with Gasteiger partial charge in [0, 0.05) is 11.5 Å². The van der Waals surface area contributed by atoms with Crippen molar-refractivity contribution in [2.75, 3.05) is 4.90 Å². The van der Waals surface area contributed by atoms with Crippen LogP contribution in [0.2, 0.25) is 0 Å². The van der Waals surface area contributed by atoms with E-state index in [0.29, 0.717) is 11.4 Å². The van der Waals surface area contributed by atoms with Gasteiger partial charge in [-0.3, -0.25) is 19.7 Å². The van der Waals surface area contributed by atoms with Crippen LogP contribution in [0.1, 0.15) is 20.7 Å². The molecule has 0 aliphatic carbocycles. The molecule has 5 rings (SSSR count). The highest BCUT2D eigenvalue weighted by atomic mass is 16.6. The first-order valence-corrected chi connectivity index (χ1v) is 9.46. The molecule has 0 fully saturated rings. The number of benzene rings is 4. The monoisotopic (exact) mass is 410 g/mol. The molecule has 0 bridgehead atoms. The zero-order chi connectivity index (χ0) is 21.5. The second-order valence-electron chi connectivity index (χ2n) is 7.01. The lowest BCUT2D eigenvalue weighted by Gasteiger charge is -2.16. The number of hydrogen-bond acceptors (Lipinski definition) is 5. The molecule has 0 saturated heterocycles. The number of rotatable bonds is 4. The van der Waals surface area contributed by atoms with Crippen molar-refractivity contribution in [3.8, 4) is 11.5 Å². The second-order valence-corrected chi connectivity index (χ2v) is 7.01. The topological polar surface area (TPSA) is 89.7 Å². The summed E-state index contributed by atoms with van der Waals surface area (Å²) in [4.78, 5) is 37.8. The molecule has 150 valence electrons. The minimum absolute atomic E-state index is 0.105. The zero-order valence-electron chi connectivity index (χ0n) is 16.0. The molecule has 7 heteroatoms. The van der Waals surface area contributed by atoms with Gasteiger partial charge in [-0.15, -0.1) is 0 Å². The number of carbonyl (C=O) groups excluding carboxylic acids is 2. The average Bonchev–Trinajstić information content (AvgIpc) is 3.03. The molecule has 0 spiro atoms. The molecule has 0 unspecified atom stereocenters. The molecule has 4 aromatic carbocycles. The number of imide groups is 1. The molecule has 4 aromatic rings. The summed E-state index contributed by atoms with van der Waals surface area (Å²) in [6.45, 7) is 0. The SMILES string of the molecule is O=C1c2ccc(Oc3cccc([N+](=O)[O-])c3)cc2C(=O)N1c1cccc2ccccc12. The number of nitro benzene ring substituents is 1. The van der Waals surface area contributed by atoms with Crippen molar-refractivity contribution in [3.63, 3.8) is 0 Å². The molecule has 0 N–H and O–H groups in total. The number of hydrogen-bond donors (Lipinski definition) is 0. The quantitative estimate of drug-likeness (QED) is 0.257. The van der Waals surface area contributed by atoms with E-state index in [1.165, 1.54) is 35.2 Å². The molecule has 7 nitrogen and oxygen atoms in total. The first-order valence-electron chi connectivity index (χ1n) is 9.46. The first kappa shape index (κ1) is 18.5. The van der Waals surface area contributed by atoms with Crippen molar-refractivity contribution in [3.05, 3.63) is 106 Å². The van der Waals surface area contributed by atoms with E-state index in [4.69, 9.17) is 4.74 Å². The maximum atomic E-state index is 13.2. The smallest absolute Gasteiger partial charge is 0.273 e. The fourth-order valence-corrected chi connectivity index (χ4v) is 3.70. The highest BCUT2D eigenvalue weighted by Crippen LogP contribution is 2.35. The van der Waals surface area contributed by atoms with Crippen LogP contribution in [0.4, 0.5) is 11.4 Å². The average molecular weight is 410 g/mol. The molecule has 0 saturated carbocycles. The van der Waals surface area contributed by atoms with Gasteiger partial charge in [0.1, 0.15) is 11.5 Å². The minimum Gasteiger partial charge on any atom is -0.457 e. The molecule has 31 heavy (non-hydrogen) atoms. The number of non-ortho nitro benzene ring substituents is 1. The van der Waals surface area contributed by atoms with Gasteiger partial charge < -0.3 is 4.74 Å². The number of nitrogens with zero attached hydrogens (tertiary/aromatic N) is 2. The van der Waals surface area contributed by atoms with Gasteiger partial charge in [-0.05, 0) is 35.7 Å². The second kappa shape index (κ2) is 7.07. The van der Waals surface area contributed by atoms with Gasteiger partial charge in [-0.1, -0.05) is 42.5 Å². The van der Waals surface area contributed by atoms with Gasteiger partial charge in [-0.25, -0.2) is 4.90 Å². The number of nitro groups is 1. The predicted octanol–water partition coefficient (Wildman–Crippen LogP) is 5.34. The number of fused-ring (bicyclic) bond motifs is 2. The number of amides is 2. The Morgan fingerprint density at radius 3 is 2.29 bits per heavy atom. The van der Waals surface area contributed by atoms with Gasteiger partial charge in [0.2, 0.25) is 0 Å². The lowest BCUT2D eigenvalue weighted by molar-refractivity contribution is -0.384. The third-order valence-corrected chi connectivity index (χ3v) is 5.13. The van der Waals surface area contributed by atoms with Crippen LogP contribution in [-0.4, -0.2) is 16.7 Å². The van der Waals surface area contributed by atoms with Gasteiger partial charge in [0.15, 0.2) is 0 Å². The van der Waals surface area contributed by atoms with Crippen molar-refractivity contribution in [1.82, 2.24) is 0 Å². The van der Waals surface area contributed by atoms with Gasteiger partial charge >= 0.3 is 0 Å². The molecule has 0 radical (unpaired) electrons. The third-order valence-electron chi connectivity index (χ3n) is 5.13. The Morgan fingerprint density at radius 2 is 1.45 bits per heavy atom. The summed E-state index contributed by atoms with van der Waals surface area (Å²) in [6, 6.07) is 23.3. The molecule has 1 aliphatic heterocycles. The van der Waals surface area contributed by atoms with Crippen molar-refractivity contribution in [2.24, 2.45) is 0 Å². The summed E-state index contributed by atoms with van der Waals surface area (Å²) in [5, 5.41) is 12.7. The standard InChI is InChI=1S/C24H14N2O5/c27-23-20-12-11-18(31-17-8-4-7-16(13-17)26(29)30)14-21(20)24(28)25(23)22-10-3-6-15-5-1-2-9-19(15)22/h1-14H. The zero-order valence-corrected chi connectivity index (χ0v) is 16.0. The van der Waals surface area contributed by atoms with E-state index < -0.39 is 16.7 Å². The van der Waals surface area contributed by atoms with Crippen LogP contribution in [0.5, 0.6) is 11.5 Å². The van der Waals surface area contributed by atoms with Crippen molar-refractivity contribution >= 4 is 34.0 Å². The van der Waals surface area contributed by atoms with Crippen LogP contribution in [0.15, 0.2) is 84.9 Å². The predicted molar refractivity (Wildman–Crippen MR) is 115 cm³/mol. The molecule has 1 aliphatic rings. The number of ether oxygens (including phenoxy) is 1. The Bertz CT molecular complexity index is 1390. The fraction of sp³-hybridized carbons (Fsp3) is 0. The van der Waals surface area contributed by atoms with Gasteiger partial charge in [0.25, 0.3) is 17.5 Å². The molecular weight excluding hydrogens is 396 g/mol. The van der Waals surface area contributed by atoms with Gasteiger partial charge in [-0.2, -0.15) is 0 Å². The largest absolute Gasteiger partial charge is 0.457 e. The Kier molecular flexibility index (Phi) is 4.22. The summed E-state index contributed by atoms with van der Waals surface area (Å²) in [7, 11) is 0. The Morgan fingerprint density at radius 1 is 0.742 bits per heavy atom. The lowest BCUT2D eigenvalue weighted by atomic mass is 10.1. The van der Waals surface area contributed by atoms with Crippen molar-refractivity contribution in [1.29, 1.82) is 0 Å². The first-order chi connectivity index (χ1) is 15.0. The van der Waals surface area contributed by atoms with E-state index in [1.807, 2.05) is 30.3 Å². The van der Waals surface area contributed by atoms with Gasteiger partial charge in [0.05, 0.1) is 27.8 Å². The van der Waals surface area contributed by atoms with E-state index in [0.717, 1.165) is 10.8 Å². The Hall–Kier alpha value is -4.52. The summed E-state index contributed by atoms with van der Waals surface area (Å²) in [6.07, 6.45) is 0. The molecular formula is C24H14N2O5. The fourth-order valence-electron chi connectivity index (χ4n) is 3.70. The van der Waals surface area contributed by atoms with Crippen molar-refractivity contribution in [2.45, 2.75) is 0 Å². The number of carbonyl (C=O) groups is 2. The molecule has 0 atom stereocenters. The van der Waals surface area contributed by atoms with Crippen LogP contribution >= 0.6 is 0 Å². The van der Waals surface area contributed by atoms with E-state index in [9.17, 15) is 19.7 Å². The van der Waals surface area contributed by atoms with Crippen LogP contribution in [0, 0.1) is 10.1 Å². The summed E-state index contributed by atoms with van der Waals surface area (Å²) in [5.74, 6) is -0.281. The van der Waals surface area contributed by atoms with Crippen molar-refractivity contribution < 1.29 is 19.2 Å². The summed E-state index contributed by atoms with van der Waals surface area (Å²) in [5.41, 5.74) is 0.919. The Balaban J connectivity index is 1.51. The Labute approximate surface area is 176 Å². The highest BCUT2D eigenvalue weighted by Gasteiger charge is 2.37. The maximum Gasteiger partial charge on any atom is 0.273 e. The highest BCUT2D eigenvalue weighted by molar-refractivity contribution is 6.36. The van der Waals surface area contributed by atoms with Crippen LogP contribution < -0.4 is 9.64 Å². The van der Waals surface area contributed by atoms with E-state index >= 15 is 0 Å². The van der Waals surface area contributed by atoms with Crippen LogP contribution in [0.25, 0.3) is 10.8 Å². The maximum absolute atomic E-state index is 13.2. The lowest BCUT2D eigenvalue weighted by Crippen LogP contribution is -2.29. The molecule has 2 amide bonds. The van der Waals surface area contributed by atoms with E-state index in [-0.39, 0.29) is 22.6 Å². The van der Waals surface area contributed by atoms with Crippen LogP contribution in [-0.2, 0) is 0 Å². The van der Waals surface area contributed by atoms with E-state index in [2.05, 4.69) is 0 Å².